The van der Waals surface area contributed by atoms with E-state index in [0.29, 0.717) is 28.0 Å². The quantitative estimate of drug-likeness (QED) is 0.925. The molecular formula is C12H13BrN4O2. The highest BCUT2D eigenvalue weighted by Gasteiger charge is 2.11. The zero-order chi connectivity index (χ0) is 13.8. The predicted molar refractivity (Wildman–Crippen MR) is 72.9 cm³/mol. The first-order valence-electron chi connectivity index (χ1n) is 5.57. The minimum Gasteiger partial charge on any atom is -0.497 e. The van der Waals surface area contributed by atoms with Crippen LogP contribution in [0.5, 0.6) is 5.75 Å². The number of rotatable bonds is 4. The molecule has 0 saturated carbocycles. The van der Waals surface area contributed by atoms with E-state index < -0.39 is 0 Å². The molecule has 0 aliphatic heterocycles. The molecule has 0 bridgehead atoms. The van der Waals surface area contributed by atoms with Crippen molar-refractivity contribution in [2.45, 2.75) is 6.54 Å². The summed E-state index contributed by atoms with van der Waals surface area (Å²) in [6, 6.07) is 5.23. The van der Waals surface area contributed by atoms with E-state index in [1.165, 1.54) is 4.80 Å². The van der Waals surface area contributed by atoms with Gasteiger partial charge in [-0.05, 0) is 34.1 Å². The number of methoxy groups -OCH3 is 1. The zero-order valence-electron chi connectivity index (χ0n) is 10.6. The number of nitrogens with one attached hydrogen (secondary N) is 1. The highest BCUT2D eigenvalue weighted by molar-refractivity contribution is 9.10. The molecule has 0 unspecified atom stereocenters. The van der Waals surface area contributed by atoms with Crippen LogP contribution in [0.25, 0.3) is 0 Å². The van der Waals surface area contributed by atoms with E-state index in [4.69, 9.17) is 4.74 Å². The Kier molecular flexibility index (Phi) is 4.16. The topological polar surface area (TPSA) is 69.0 Å². The van der Waals surface area contributed by atoms with Crippen LogP contribution in [0.2, 0.25) is 0 Å². The maximum atomic E-state index is 12.1. The Hall–Kier alpha value is -1.89. The summed E-state index contributed by atoms with van der Waals surface area (Å²) < 4.78 is 5.81. The lowest BCUT2D eigenvalue weighted by atomic mass is 10.2. The molecule has 1 aromatic carbocycles. The third kappa shape index (κ3) is 3.31. The molecule has 100 valence electrons. The maximum absolute atomic E-state index is 12.1. The molecule has 2 rings (SSSR count). The molecule has 1 heterocycles. The van der Waals surface area contributed by atoms with Gasteiger partial charge in [0.1, 0.15) is 11.4 Å². The minimum absolute atomic E-state index is 0.198. The highest BCUT2D eigenvalue weighted by Crippen LogP contribution is 2.22. The molecular weight excluding hydrogens is 312 g/mol. The van der Waals surface area contributed by atoms with Crippen LogP contribution in [0.1, 0.15) is 16.1 Å². The number of carbonyl (C=O) groups excluding carboxylic acids is 1. The molecule has 1 amide bonds. The van der Waals surface area contributed by atoms with Gasteiger partial charge < -0.3 is 10.1 Å². The lowest BCUT2D eigenvalue weighted by Crippen LogP contribution is -2.23. The van der Waals surface area contributed by atoms with Gasteiger partial charge in [0.05, 0.1) is 25.4 Å². The number of ether oxygens (including phenoxy) is 1. The summed E-state index contributed by atoms with van der Waals surface area (Å²) in [7, 11) is 3.29. The molecule has 0 fully saturated rings. The Morgan fingerprint density at radius 3 is 2.95 bits per heavy atom. The lowest BCUT2D eigenvalue weighted by molar-refractivity contribution is 0.0949. The fourth-order valence-corrected chi connectivity index (χ4v) is 1.97. The van der Waals surface area contributed by atoms with Crippen molar-refractivity contribution >= 4 is 21.8 Å². The summed E-state index contributed by atoms with van der Waals surface area (Å²) >= 11 is 3.34. The van der Waals surface area contributed by atoms with E-state index in [1.807, 2.05) is 0 Å². The van der Waals surface area contributed by atoms with E-state index in [9.17, 15) is 4.79 Å². The number of halogens is 1. The maximum Gasteiger partial charge on any atom is 0.252 e. The van der Waals surface area contributed by atoms with E-state index >= 15 is 0 Å². The molecule has 1 aromatic heterocycles. The van der Waals surface area contributed by atoms with Crippen molar-refractivity contribution in [3.05, 3.63) is 40.1 Å². The molecule has 2 aromatic rings. The van der Waals surface area contributed by atoms with Gasteiger partial charge in [0.25, 0.3) is 5.91 Å². The largest absolute Gasteiger partial charge is 0.497 e. The van der Waals surface area contributed by atoms with E-state index in [-0.39, 0.29) is 5.91 Å². The van der Waals surface area contributed by atoms with Crippen molar-refractivity contribution in [3.63, 3.8) is 0 Å². The SMILES string of the molecule is COc1ccc(Br)c(C(=O)NCc2cnn(C)n2)c1. The molecule has 1 N–H and O–H groups in total. The minimum atomic E-state index is -0.198. The van der Waals surface area contributed by atoms with Gasteiger partial charge >= 0.3 is 0 Å². The van der Waals surface area contributed by atoms with Gasteiger partial charge in [-0.15, -0.1) is 0 Å². The fraction of sp³-hybridized carbons (Fsp3) is 0.250. The first-order chi connectivity index (χ1) is 9.10. The molecule has 0 aliphatic rings. The van der Waals surface area contributed by atoms with Gasteiger partial charge in [-0.1, -0.05) is 0 Å². The third-order valence-electron chi connectivity index (χ3n) is 2.50. The zero-order valence-corrected chi connectivity index (χ0v) is 12.1. The van der Waals surface area contributed by atoms with Gasteiger partial charge in [-0.25, -0.2) is 0 Å². The first kappa shape index (κ1) is 13.5. The number of nitrogens with zero attached hydrogens (tertiary/aromatic N) is 3. The normalized spacial score (nSPS) is 10.3. The Labute approximate surface area is 118 Å². The molecule has 0 saturated heterocycles. The van der Waals surface area contributed by atoms with Crippen molar-refractivity contribution in [1.82, 2.24) is 20.3 Å². The van der Waals surface area contributed by atoms with Gasteiger partial charge in [0.15, 0.2) is 0 Å². The van der Waals surface area contributed by atoms with E-state index in [0.717, 1.165) is 0 Å². The average molecular weight is 325 g/mol. The van der Waals surface area contributed by atoms with Crippen LogP contribution in [-0.2, 0) is 13.6 Å². The number of carbonyl (C=O) groups is 1. The van der Waals surface area contributed by atoms with Crippen molar-refractivity contribution < 1.29 is 9.53 Å². The van der Waals surface area contributed by atoms with Gasteiger partial charge in [0, 0.05) is 11.5 Å². The summed E-state index contributed by atoms with van der Waals surface area (Å²) in [4.78, 5) is 13.5. The number of benzene rings is 1. The highest BCUT2D eigenvalue weighted by atomic mass is 79.9. The van der Waals surface area contributed by atoms with Gasteiger partial charge in [0.2, 0.25) is 0 Å². The van der Waals surface area contributed by atoms with Crippen molar-refractivity contribution in [2.24, 2.45) is 7.05 Å². The number of amides is 1. The number of aromatic nitrogens is 3. The Bertz CT molecular complexity index is 597. The van der Waals surface area contributed by atoms with Crippen molar-refractivity contribution in [2.75, 3.05) is 7.11 Å². The predicted octanol–water partition coefficient (Wildman–Crippen LogP) is 1.52. The van der Waals surface area contributed by atoms with Crippen LogP contribution in [0.3, 0.4) is 0 Å². The van der Waals surface area contributed by atoms with Crippen molar-refractivity contribution in [1.29, 1.82) is 0 Å². The second-order valence-electron chi connectivity index (χ2n) is 3.85. The summed E-state index contributed by atoms with van der Waals surface area (Å²) in [6.07, 6.45) is 1.61. The van der Waals surface area contributed by atoms with E-state index in [1.54, 1.807) is 38.6 Å². The smallest absolute Gasteiger partial charge is 0.252 e. The monoisotopic (exact) mass is 324 g/mol. The van der Waals surface area contributed by atoms with Gasteiger partial charge in [-0.3, -0.25) is 4.79 Å². The molecule has 0 aliphatic carbocycles. The van der Waals surface area contributed by atoms with Crippen LogP contribution in [0.4, 0.5) is 0 Å². The molecule has 19 heavy (non-hydrogen) atoms. The number of hydrogen-bond acceptors (Lipinski definition) is 4. The van der Waals surface area contributed by atoms with Crippen LogP contribution in [0, 0.1) is 0 Å². The van der Waals surface area contributed by atoms with Crippen LogP contribution in [-0.4, -0.2) is 28.0 Å². The third-order valence-corrected chi connectivity index (χ3v) is 3.19. The Balaban J connectivity index is 2.07. The summed E-state index contributed by atoms with van der Waals surface area (Å²) in [5.74, 6) is 0.435. The average Bonchev–Trinajstić information content (AvgIpc) is 2.82. The van der Waals surface area contributed by atoms with Gasteiger partial charge in [-0.2, -0.15) is 15.0 Å². The Morgan fingerprint density at radius 1 is 1.53 bits per heavy atom. The molecule has 0 spiro atoms. The summed E-state index contributed by atoms with van der Waals surface area (Å²) in [5, 5.41) is 10.8. The molecule has 0 radical (unpaired) electrons. The fourth-order valence-electron chi connectivity index (χ4n) is 1.54. The lowest BCUT2D eigenvalue weighted by Gasteiger charge is -2.07. The van der Waals surface area contributed by atoms with Crippen LogP contribution < -0.4 is 10.1 Å². The number of aryl methyl sites for hydroxylation is 1. The van der Waals surface area contributed by atoms with Crippen LogP contribution in [0.15, 0.2) is 28.9 Å². The van der Waals surface area contributed by atoms with Crippen LogP contribution >= 0.6 is 15.9 Å². The number of hydrogen-bond donors (Lipinski definition) is 1. The second kappa shape index (κ2) is 5.83. The molecule has 0 atom stereocenters. The summed E-state index contributed by atoms with van der Waals surface area (Å²) in [6.45, 7) is 0.330. The summed E-state index contributed by atoms with van der Waals surface area (Å²) in [5.41, 5.74) is 1.22. The first-order valence-corrected chi connectivity index (χ1v) is 6.36. The second-order valence-corrected chi connectivity index (χ2v) is 4.71. The molecule has 7 heteroatoms. The van der Waals surface area contributed by atoms with E-state index in [2.05, 4.69) is 31.4 Å². The van der Waals surface area contributed by atoms with Crippen molar-refractivity contribution in [3.8, 4) is 5.75 Å². The Morgan fingerprint density at radius 2 is 2.32 bits per heavy atom. The standard InChI is InChI=1S/C12H13BrN4O2/c1-17-15-7-8(16-17)6-14-12(18)10-5-9(19-2)3-4-11(10)13/h3-5,7H,6H2,1-2H3,(H,14,18). The molecule has 6 nitrogen and oxygen atoms in total.